The number of halogens is 3. The van der Waals surface area contributed by atoms with Gasteiger partial charge in [-0.3, -0.25) is 0 Å². The molecule has 0 spiro atoms. The third kappa shape index (κ3) is 4.73. The molecule has 0 saturated carbocycles. The molecular weight excluding hydrogens is 353 g/mol. The van der Waals surface area contributed by atoms with E-state index >= 15 is 0 Å². The second kappa shape index (κ2) is 7.01. The fourth-order valence-corrected chi connectivity index (χ4v) is 2.00. The minimum absolute atomic E-state index is 0.0379. The average molecular weight is 364 g/mol. The van der Waals surface area contributed by atoms with E-state index in [0.29, 0.717) is 13.2 Å². The van der Waals surface area contributed by atoms with E-state index in [9.17, 15) is 4.39 Å². The molecule has 0 aromatic heterocycles. The van der Waals surface area contributed by atoms with Crippen LogP contribution in [0.3, 0.4) is 0 Å². The van der Waals surface area contributed by atoms with Crippen LogP contribution >= 0.6 is 27.5 Å². The zero-order chi connectivity index (χ0) is 14.5. The van der Waals surface area contributed by atoms with Crippen LogP contribution in [0, 0.1) is 5.82 Å². The normalized spacial score (nSPS) is 20.2. The lowest BCUT2D eigenvalue weighted by atomic mass is 10.3. The first-order valence-corrected chi connectivity index (χ1v) is 6.95. The van der Waals surface area contributed by atoms with Crippen LogP contribution in [0.4, 0.5) is 4.39 Å². The lowest BCUT2D eigenvalue weighted by molar-refractivity contribution is 0.194. The van der Waals surface area contributed by atoms with Crippen molar-refractivity contribution in [2.24, 2.45) is 9.98 Å². The van der Waals surface area contributed by atoms with Gasteiger partial charge in [0.05, 0.1) is 12.6 Å². The molecule has 8 heteroatoms. The minimum atomic E-state index is -0.523. The molecule has 2 rings (SSSR count). The van der Waals surface area contributed by atoms with E-state index in [2.05, 4.69) is 25.9 Å². The summed E-state index contributed by atoms with van der Waals surface area (Å²) in [5.41, 5.74) is 7.31. The highest BCUT2D eigenvalue weighted by molar-refractivity contribution is 9.18. The Hall–Kier alpha value is -1.18. The van der Waals surface area contributed by atoms with Crippen molar-refractivity contribution < 1.29 is 13.9 Å². The number of rotatable bonds is 2. The molecule has 1 heterocycles. The molecule has 1 fully saturated rings. The van der Waals surface area contributed by atoms with Gasteiger partial charge >= 0.3 is 0 Å². The Morgan fingerprint density at radius 3 is 2.90 bits per heavy atom. The molecule has 1 aliphatic heterocycles. The molecule has 1 atom stereocenters. The predicted octanol–water partition coefficient (Wildman–Crippen LogP) is 3.81. The van der Waals surface area contributed by atoms with Crippen molar-refractivity contribution in [3.63, 3.8) is 0 Å². The highest BCUT2D eigenvalue weighted by Gasteiger charge is 2.15. The summed E-state index contributed by atoms with van der Waals surface area (Å²) >= 11 is 8.64. The summed E-state index contributed by atoms with van der Waals surface area (Å²) in [5.74, 6) is -0.352. The summed E-state index contributed by atoms with van der Waals surface area (Å²) in [6.45, 7) is 1.10. The fraction of sp³-hybridized carbons (Fsp3) is 0.333. The van der Waals surface area contributed by atoms with Crippen LogP contribution in [0.25, 0.3) is 5.73 Å². The summed E-state index contributed by atoms with van der Waals surface area (Å²) in [6, 6.07) is 3.66. The first kappa shape index (κ1) is 15.2. The maximum Gasteiger partial charge on any atom is 0.209 e. The summed E-state index contributed by atoms with van der Waals surface area (Å²) in [7, 11) is 0. The highest BCUT2D eigenvalue weighted by atomic mass is 79.9. The molecule has 0 radical (unpaired) electrons. The Morgan fingerprint density at radius 1 is 1.50 bits per heavy atom. The summed E-state index contributed by atoms with van der Waals surface area (Å²) in [6.07, 6.45) is 0.752. The number of benzene rings is 1. The third-order valence-electron chi connectivity index (χ3n) is 2.44. The molecule has 1 unspecified atom stereocenters. The quantitative estimate of drug-likeness (QED) is 0.455. The van der Waals surface area contributed by atoms with Gasteiger partial charge in [-0.1, -0.05) is 27.5 Å². The van der Waals surface area contributed by atoms with Crippen LogP contribution in [-0.4, -0.2) is 30.0 Å². The first-order valence-electron chi connectivity index (χ1n) is 5.78. The van der Waals surface area contributed by atoms with Crippen LogP contribution < -0.4 is 4.74 Å². The van der Waals surface area contributed by atoms with Crippen molar-refractivity contribution in [2.45, 2.75) is 12.5 Å². The summed E-state index contributed by atoms with van der Waals surface area (Å²) in [4.78, 5) is 8.04. The van der Waals surface area contributed by atoms with Crippen molar-refractivity contribution in [2.75, 3.05) is 13.2 Å². The van der Waals surface area contributed by atoms with Gasteiger partial charge in [-0.15, -0.1) is 0 Å². The Balaban J connectivity index is 2.20. The fourth-order valence-electron chi connectivity index (χ4n) is 1.63. The number of nitrogens with zero attached hydrogens (tertiary/aromatic N) is 2. The van der Waals surface area contributed by atoms with Crippen LogP contribution in [0.15, 0.2) is 28.2 Å². The van der Waals surface area contributed by atoms with E-state index in [1.54, 1.807) is 0 Å². The van der Waals surface area contributed by atoms with E-state index in [0.717, 1.165) is 6.42 Å². The van der Waals surface area contributed by atoms with Gasteiger partial charge in [0.25, 0.3) is 0 Å². The molecule has 0 amide bonds. The van der Waals surface area contributed by atoms with E-state index in [4.69, 9.17) is 26.8 Å². The molecule has 1 aromatic carbocycles. The number of nitrogens with one attached hydrogen (secondary N) is 1. The van der Waals surface area contributed by atoms with Gasteiger partial charge in [0.2, 0.25) is 6.02 Å². The van der Waals surface area contributed by atoms with Gasteiger partial charge in [-0.2, -0.15) is 0 Å². The standard InChI is InChI=1S/C12H11BrClFN3O2/c13-11(16)18-12(17-9-1-2-19-6-9)20-10-4-7(14)3-8(15)5-10/h3-5,9H,1-2,6H2,(H-,16,17,18)/q-1. The van der Waals surface area contributed by atoms with Gasteiger partial charge in [-0.05, 0) is 23.3 Å². The Labute approximate surface area is 128 Å². The Morgan fingerprint density at radius 2 is 2.30 bits per heavy atom. The first-order chi connectivity index (χ1) is 9.52. The number of amidine groups is 2. The van der Waals surface area contributed by atoms with Crippen molar-refractivity contribution in [3.05, 3.63) is 34.8 Å². The van der Waals surface area contributed by atoms with Gasteiger partial charge in [0, 0.05) is 17.7 Å². The molecule has 20 heavy (non-hydrogen) atoms. The number of ether oxygens (including phenoxy) is 2. The van der Waals surface area contributed by atoms with E-state index in [1.807, 2.05) is 0 Å². The van der Waals surface area contributed by atoms with Crippen LogP contribution in [-0.2, 0) is 4.74 Å². The maximum atomic E-state index is 13.2. The van der Waals surface area contributed by atoms with Crippen LogP contribution in [0.1, 0.15) is 6.42 Å². The smallest absolute Gasteiger partial charge is 0.209 e. The predicted molar refractivity (Wildman–Crippen MR) is 79.4 cm³/mol. The van der Waals surface area contributed by atoms with Crippen molar-refractivity contribution >= 4 is 38.3 Å². The zero-order valence-electron chi connectivity index (χ0n) is 10.3. The van der Waals surface area contributed by atoms with E-state index < -0.39 is 5.82 Å². The molecule has 5 nitrogen and oxygen atoms in total. The second-order valence-corrected chi connectivity index (χ2v) is 5.23. The van der Waals surface area contributed by atoms with E-state index in [1.165, 1.54) is 18.2 Å². The third-order valence-corrected chi connectivity index (χ3v) is 2.83. The SMILES string of the molecule is [NH-]/C(Br)=N\C(=NC1CCOC1)Oc1cc(F)cc(Cl)c1. The number of hydrogen-bond acceptors (Lipinski definition) is 3. The molecular formula is C12H11BrClFN3O2-. The second-order valence-electron chi connectivity index (χ2n) is 4.04. The average Bonchev–Trinajstić information content (AvgIpc) is 2.79. The maximum absolute atomic E-state index is 13.2. The molecule has 0 bridgehead atoms. The lowest BCUT2D eigenvalue weighted by Gasteiger charge is -2.13. The number of aliphatic imine (C=N–C) groups is 2. The molecule has 1 saturated heterocycles. The Kier molecular flexibility index (Phi) is 5.33. The number of hydrogen-bond donors (Lipinski definition) is 0. The summed E-state index contributed by atoms with van der Waals surface area (Å²) < 4.78 is 23.7. The minimum Gasteiger partial charge on any atom is -0.476 e. The van der Waals surface area contributed by atoms with Crippen molar-refractivity contribution in [1.29, 1.82) is 0 Å². The van der Waals surface area contributed by atoms with Crippen molar-refractivity contribution in [3.8, 4) is 5.75 Å². The van der Waals surface area contributed by atoms with Gasteiger partial charge in [0.1, 0.15) is 11.6 Å². The molecule has 1 aliphatic rings. The monoisotopic (exact) mass is 362 g/mol. The summed E-state index contributed by atoms with van der Waals surface area (Å²) in [5, 5.41) is 0.206. The van der Waals surface area contributed by atoms with Crippen molar-refractivity contribution in [1.82, 2.24) is 0 Å². The van der Waals surface area contributed by atoms with Gasteiger partial charge < -0.3 is 20.2 Å². The van der Waals surface area contributed by atoms with E-state index in [-0.39, 0.29) is 27.6 Å². The Bertz CT molecular complexity index is 523. The highest BCUT2D eigenvalue weighted by Crippen LogP contribution is 2.21. The topological polar surface area (TPSA) is 67.0 Å². The largest absolute Gasteiger partial charge is 0.476 e. The van der Waals surface area contributed by atoms with Crippen LogP contribution in [0.2, 0.25) is 5.02 Å². The lowest BCUT2D eigenvalue weighted by Crippen LogP contribution is -2.13. The molecule has 1 N–H and O–H groups in total. The van der Waals surface area contributed by atoms with Gasteiger partial charge in [0.15, 0.2) is 0 Å². The molecule has 108 valence electrons. The molecule has 1 aromatic rings. The van der Waals surface area contributed by atoms with Crippen LogP contribution in [0.5, 0.6) is 5.75 Å². The molecule has 0 aliphatic carbocycles. The van der Waals surface area contributed by atoms with Gasteiger partial charge in [-0.25, -0.2) is 9.38 Å². The zero-order valence-corrected chi connectivity index (χ0v) is 12.6.